The fourth-order valence-electron chi connectivity index (χ4n) is 1.53. The van der Waals surface area contributed by atoms with Crippen LogP contribution in [-0.2, 0) is 6.42 Å². The molecule has 5 heteroatoms. The van der Waals surface area contributed by atoms with E-state index >= 15 is 0 Å². The first-order valence-electron chi connectivity index (χ1n) is 6.29. The SMILES string of the molecule is CN(C)CCOc1cccc(CCN(C)C(=O)O)c1. The van der Waals surface area contributed by atoms with Crippen LogP contribution in [0, 0.1) is 0 Å². The molecule has 0 unspecified atom stereocenters. The van der Waals surface area contributed by atoms with Crippen molar-refractivity contribution in [2.75, 3.05) is 40.8 Å². The van der Waals surface area contributed by atoms with Gasteiger partial charge in [-0.1, -0.05) is 12.1 Å². The summed E-state index contributed by atoms with van der Waals surface area (Å²) in [6.07, 6.45) is -0.216. The highest BCUT2D eigenvalue weighted by atomic mass is 16.5. The van der Waals surface area contributed by atoms with E-state index in [0.717, 1.165) is 17.9 Å². The van der Waals surface area contributed by atoms with Gasteiger partial charge in [-0.05, 0) is 38.2 Å². The molecule has 1 amide bonds. The van der Waals surface area contributed by atoms with Crippen LogP contribution in [0.5, 0.6) is 5.75 Å². The average molecular weight is 266 g/mol. The molecule has 1 rings (SSSR count). The zero-order chi connectivity index (χ0) is 14.3. The summed E-state index contributed by atoms with van der Waals surface area (Å²) in [5.74, 6) is 0.831. The molecule has 0 saturated carbocycles. The molecule has 1 aromatic rings. The highest BCUT2D eigenvalue weighted by molar-refractivity contribution is 5.64. The van der Waals surface area contributed by atoms with Crippen LogP contribution < -0.4 is 4.74 Å². The minimum atomic E-state index is -0.904. The Morgan fingerprint density at radius 2 is 2.00 bits per heavy atom. The Morgan fingerprint density at radius 1 is 1.26 bits per heavy atom. The summed E-state index contributed by atoms with van der Waals surface area (Å²) < 4.78 is 5.64. The van der Waals surface area contributed by atoms with Crippen LogP contribution in [0.4, 0.5) is 4.79 Å². The number of rotatable bonds is 7. The molecule has 0 aromatic heterocycles. The van der Waals surface area contributed by atoms with Gasteiger partial charge in [0, 0.05) is 20.1 Å². The van der Waals surface area contributed by atoms with Crippen molar-refractivity contribution in [2.45, 2.75) is 6.42 Å². The van der Waals surface area contributed by atoms with E-state index in [4.69, 9.17) is 9.84 Å². The minimum absolute atomic E-state index is 0.483. The standard InChI is InChI=1S/C14H22N2O3/c1-15(2)9-10-19-13-6-4-5-12(11-13)7-8-16(3)14(17)18/h4-6,11H,7-10H2,1-3H3,(H,17,18). The van der Waals surface area contributed by atoms with E-state index in [1.807, 2.05) is 38.4 Å². The van der Waals surface area contributed by atoms with E-state index in [2.05, 4.69) is 4.90 Å². The summed E-state index contributed by atoms with van der Waals surface area (Å²) in [4.78, 5) is 14.0. The van der Waals surface area contributed by atoms with Gasteiger partial charge in [0.15, 0.2) is 0 Å². The molecule has 0 aliphatic heterocycles. The maximum Gasteiger partial charge on any atom is 0.407 e. The highest BCUT2D eigenvalue weighted by Gasteiger charge is 2.05. The maximum atomic E-state index is 10.7. The zero-order valence-electron chi connectivity index (χ0n) is 11.8. The number of likely N-dealkylation sites (N-methyl/N-ethyl adjacent to an activating group) is 2. The number of hydrogen-bond donors (Lipinski definition) is 1. The Labute approximate surface area is 114 Å². The van der Waals surface area contributed by atoms with E-state index < -0.39 is 6.09 Å². The van der Waals surface area contributed by atoms with E-state index in [-0.39, 0.29) is 0 Å². The Kier molecular flexibility index (Phi) is 6.15. The summed E-state index contributed by atoms with van der Waals surface area (Å²) in [6.45, 7) is 1.99. The van der Waals surface area contributed by atoms with Crippen LogP contribution in [-0.4, -0.2) is 61.8 Å². The molecule has 0 fully saturated rings. The van der Waals surface area contributed by atoms with E-state index in [1.165, 1.54) is 4.90 Å². The zero-order valence-corrected chi connectivity index (χ0v) is 11.8. The fourth-order valence-corrected chi connectivity index (χ4v) is 1.53. The quantitative estimate of drug-likeness (QED) is 0.817. The summed E-state index contributed by atoms with van der Waals surface area (Å²) in [5.41, 5.74) is 1.08. The van der Waals surface area contributed by atoms with Gasteiger partial charge in [0.2, 0.25) is 0 Å². The van der Waals surface area contributed by atoms with Crippen molar-refractivity contribution >= 4 is 6.09 Å². The third kappa shape index (κ3) is 6.10. The van der Waals surface area contributed by atoms with Crippen molar-refractivity contribution in [3.05, 3.63) is 29.8 Å². The third-order valence-corrected chi connectivity index (χ3v) is 2.77. The summed E-state index contributed by atoms with van der Waals surface area (Å²) in [5, 5.41) is 8.78. The van der Waals surface area contributed by atoms with Crippen LogP contribution in [0.25, 0.3) is 0 Å². The van der Waals surface area contributed by atoms with E-state index in [0.29, 0.717) is 19.6 Å². The predicted octanol–water partition coefficient (Wildman–Crippen LogP) is 1.78. The number of hydrogen-bond acceptors (Lipinski definition) is 3. The van der Waals surface area contributed by atoms with Crippen LogP contribution in [0.2, 0.25) is 0 Å². The van der Waals surface area contributed by atoms with E-state index in [9.17, 15) is 4.79 Å². The smallest absolute Gasteiger partial charge is 0.407 e. The molecular weight excluding hydrogens is 244 g/mol. The van der Waals surface area contributed by atoms with Crippen LogP contribution in [0.1, 0.15) is 5.56 Å². The first-order chi connectivity index (χ1) is 8.99. The second-order valence-corrected chi connectivity index (χ2v) is 4.75. The Bertz CT molecular complexity index is 407. The molecule has 0 aliphatic carbocycles. The molecule has 0 spiro atoms. The number of carboxylic acid groups (broad SMARTS) is 1. The summed E-state index contributed by atoms with van der Waals surface area (Å²) >= 11 is 0. The Morgan fingerprint density at radius 3 is 2.63 bits per heavy atom. The van der Waals surface area contributed by atoms with Crippen LogP contribution in [0.3, 0.4) is 0 Å². The van der Waals surface area contributed by atoms with Crippen molar-refractivity contribution in [2.24, 2.45) is 0 Å². The van der Waals surface area contributed by atoms with Crippen LogP contribution >= 0.6 is 0 Å². The lowest BCUT2D eigenvalue weighted by molar-refractivity contribution is 0.156. The topological polar surface area (TPSA) is 53.0 Å². The van der Waals surface area contributed by atoms with Gasteiger partial charge in [-0.25, -0.2) is 4.79 Å². The molecule has 0 heterocycles. The second-order valence-electron chi connectivity index (χ2n) is 4.75. The van der Waals surface area contributed by atoms with E-state index in [1.54, 1.807) is 7.05 Å². The highest BCUT2D eigenvalue weighted by Crippen LogP contribution is 2.14. The Balaban J connectivity index is 2.45. The van der Waals surface area contributed by atoms with Gasteiger partial charge in [0.1, 0.15) is 12.4 Å². The summed E-state index contributed by atoms with van der Waals surface area (Å²) in [6, 6.07) is 7.79. The number of ether oxygens (including phenoxy) is 1. The van der Waals surface area contributed by atoms with Gasteiger partial charge in [0.25, 0.3) is 0 Å². The molecule has 106 valence electrons. The van der Waals surface area contributed by atoms with Crippen molar-refractivity contribution in [3.8, 4) is 5.75 Å². The lowest BCUT2D eigenvalue weighted by Gasteiger charge is -2.14. The van der Waals surface area contributed by atoms with Gasteiger partial charge < -0.3 is 19.6 Å². The predicted molar refractivity (Wildman–Crippen MR) is 74.8 cm³/mol. The van der Waals surface area contributed by atoms with Crippen molar-refractivity contribution in [1.29, 1.82) is 0 Å². The maximum absolute atomic E-state index is 10.7. The number of nitrogens with zero attached hydrogens (tertiary/aromatic N) is 2. The fraction of sp³-hybridized carbons (Fsp3) is 0.500. The van der Waals surface area contributed by atoms with Crippen LogP contribution in [0.15, 0.2) is 24.3 Å². The summed E-state index contributed by atoms with van der Waals surface area (Å²) in [7, 11) is 5.57. The number of benzene rings is 1. The lowest BCUT2D eigenvalue weighted by Crippen LogP contribution is -2.26. The van der Waals surface area contributed by atoms with Crippen molar-refractivity contribution in [1.82, 2.24) is 9.80 Å². The first kappa shape index (κ1) is 15.3. The molecule has 0 radical (unpaired) electrons. The first-order valence-corrected chi connectivity index (χ1v) is 6.29. The van der Waals surface area contributed by atoms with Crippen molar-refractivity contribution < 1.29 is 14.6 Å². The van der Waals surface area contributed by atoms with Gasteiger partial charge >= 0.3 is 6.09 Å². The monoisotopic (exact) mass is 266 g/mol. The normalized spacial score (nSPS) is 10.5. The van der Waals surface area contributed by atoms with Gasteiger partial charge in [-0.15, -0.1) is 0 Å². The molecule has 5 nitrogen and oxygen atoms in total. The molecular formula is C14H22N2O3. The number of amides is 1. The second kappa shape index (κ2) is 7.63. The molecule has 0 saturated heterocycles. The molecule has 0 bridgehead atoms. The molecule has 1 N–H and O–H groups in total. The molecule has 0 atom stereocenters. The molecule has 1 aromatic carbocycles. The minimum Gasteiger partial charge on any atom is -0.492 e. The lowest BCUT2D eigenvalue weighted by atomic mass is 10.1. The molecule has 0 aliphatic rings. The van der Waals surface area contributed by atoms with Gasteiger partial charge in [-0.2, -0.15) is 0 Å². The van der Waals surface area contributed by atoms with Gasteiger partial charge in [-0.3, -0.25) is 0 Å². The average Bonchev–Trinajstić information content (AvgIpc) is 2.36. The molecule has 19 heavy (non-hydrogen) atoms. The Hall–Kier alpha value is -1.75. The largest absolute Gasteiger partial charge is 0.492 e. The van der Waals surface area contributed by atoms with Gasteiger partial charge in [0.05, 0.1) is 0 Å². The number of carbonyl (C=O) groups is 1. The third-order valence-electron chi connectivity index (χ3n) is 2.77. The van der Waals surface area contributed by atoms with Crippen molar-refractivity contribution in [3.63, 3.8) is 0 Å².